The summed E-state index contributed by atoms with van der Waals surface area (Å²) in [5.41, 5.74) is 8.14. The lowest BCUT2D eigenvalue weighted by atomic mass is 10.0. The zero-order valence-electron chi connectivity index (χ0n) is 16.4. The first-order valence-corrected chi connectivity index (χ1v) is 8.95. The van der Waals surface area contributed by atoms with Gasteiger partial charge in [-0.25, -0.2) is 0 Å². The molecule has 0 saturated heterocycles. The standard InChI is InChI=1S/C10H10O4.C6H10N4.C3H3N3/c11-9(12)5-7-3-1-2-4-8(7)6-10(13)14;1-2-3-6-5(7)4-8-10-9-6;1-2-4-6-5-3-1/h1-4H,5-6H2,(H,11,12)(H,13,14);4H,2-3H2,1H3,(H2,7,10);1-3H. The molecule has 0 fully saturated rings. The zero-order chi connectivity index (χ0) is 22.2. The van der Waals surface area contributed by atoms with Gasteiger partial charge in [0.05, 0.1) is 42.8 Å². The number of aromatic nitrogens is 6. The molecule has 0 amide bonds. The van der Waals surface area contributed by atoms with Gasteiger partial charge < -0.3 is 15.9 Å². The smallest absolute Gasteiger partial charge is 0.307 e. The van der Waals surface area contributed by atoms with Crippen molar-refractivity contribution in [3.63, 3.8) is 0 Å². The number of aliphatic carboxylic acids is 2. The summed E-state index contributed by atoms with van der Waals surface area (Å²) in [5, 5.41) is 38.1. The highest BCUT2D eigenvalue weighted by Gasteiger charge is 2.08. The number of carboxylic acids is 2. The van der Waals surface area contributed by atoms with Crippen molar-refractivity contribution in [3.8, 4) is 0 Å². The molecule has 0 spiro atoms. The van der Waals surface area contributed by atoms with Gasteiger partial charge in [-0.05, 0) is 34.0 Å². The van der Waals surface area contributed by atoms with Crippen LogP contribution in [0, 0.1) is 0 Å². The fourth-order valence-electron chi connectivity index (χ4n) is 2.16. The maximum atomic E-state index is 10.5. The lowest BCUT2D eigenvalue weighted by molar-refractivity contribution is -0.137. The van der Waals surface area contributed by atoms with E-state index in [0.717, 1.165) is 18.5 Å². The highest BCUT2D eigenvalue weighted by molar-refractivity contribution is 5.74. The Hall–Kier alpha value is -4.02. The number of carbonyl (C=O) groups is 2. The first-order valence-electron chi connectivity index (χ1n) is 8.95. The largest absolute Gasteiger partial charge is 0.481 e. The Labute approximate surface area is 173 Å². The molecule has 2 aromatic heterocycles. The van der Waals surface area contributed by atoms with Crippen molar-refractivity contribution < 1.29 is 19.8 Å². The molecule has 0 unspecified atom stereocenters. The summed E-state index contributed by atoms with van der Waals surface area (Å²) < 4.78 is 0. The van der Waals surface area contributed by atoms with E-state index < -0.39 is 11.9 Å². The third kappa shape index (κ3) is 10.3. The van der Waals surface area contributed by atoms with Crippen LogP contribution >= 0.6 is 0 Å². The summed E-state index contributed by atoms with van der Waals surface area (Å²) in [5.74, 6) is -1.91. The van der Waals surface area contributed by atoms with Crippen LogP contribution in [0.25, 0.3) is 0 Å². The van der Waals surface area contributed by atoms with E-state index in [1.807, 2.05) is 0 Å². The second-order valence-electron chi connectivity index (χ2n) is 5.81. The number of hydrogen-bond acceptors (Lipinski definition) is 9. The van der Waals surface area contributed by atoms with Crippen LogP contribution < -0.4 is 5.73 Å². The normalized spacial score (nSPS) is 9.37. The average Bonchev–Trinajstić information content (AvgIpc) is 2.73. The first kappa shape index (κ1) is 24.0. The Balaban J connectivity index is 0.000000244. The highest BCUT2D eigenvalue weighted by atomic mass is 16.4. The topological polar surface area (TPSA) is 178 Å². The fourth-order valence-corrected chi connectivity index (χ4v) is 2.16. The van der Waals surface area contributed by atoms with Crippen LogP contribution in [0.1, 0.15) is 30.2 Å². The third-order valence-corrected chi connectivity index (χ3v) is 3.44. The second-order valence-corrected chi connectivity index (χ2v) is 5.81. The summed E-state index contributed by atoms with van der Waals surface area (Å²) in [6.45, 7) is 2.07. The molecular weight excluding hydrogens is 390 g/mol. The molecule has 11 heteroatoms. The quantitative estimate of drug-likeness (QED) is 0.529. The molecular formula is C19H23N7O4. The maximum absolute atomic E-state index is 10.5. The first-order chi connectivity index (χ1) is 14.4. The van der Waals surface area contributed by atoms with Gasteiger partial charge in [-0.1, -0.05) is 37.6 Å². The Kier molecular flexibility index (Phi) is 11.2. The van der Waals surface area contributed by atoms with Gasteiger partial charge in [0.15, 0.2) is 0 Å². The van der Waals surface area contributed by atoms with Gasteiger partial charge >= 0.3 is 11.9 Å². The Morgan fingerprint density at radius 2 is 1.47 bits per heavy atom. The molecule has 0 bridgehead atoms. The molecule has 0 aliphatic heterocycles. The van der Waals surface area contributed by atoms with Crippen molar-refractivity contribution in [2.24, 2.45) is 0 Å². The van der Waals surface area contributed by atoms with E-state index in [2.05, 4.69) is 37.7 Å². The molecule has 0 saturated carbocycles. The molecule has 158 valence electrons. The average molecular weight is 413 g/mol. The summed E-state index contributed by atoms with van der Waals surface area (Å²) in [6.07, 6.45) is 6.31. The van der Waals surface area contributed by atoms with Crippen molar-refractivity contribution in [1.82, 2.24) is 30.8 Å². The van der Waals surface area contributed by atoms with Crippen molar-refractivity contribution >= 4 is 17.6 Å². The van der Waals surface area contributed by atoms with Crippen LogP contribution in [0.4, 0.5) is 5.69 Å². The van der Waals surface area contributed by atoms with Gasteiger partial charge in [0.25, 0.3) is 0 Å². The number of carboxylic acid groups (broad SMARTS) is 2. The van der Waals surface area contributed by atoms with Crippen molar-refractivity contribution in [3.05, 3.63) is 65.7 Å². The van der Waals surface area contributed by atoms with Crippen molar-refractivity contribution in [2.75, 3.05) is 5.73 Å². The number of nitrogens with two attached hydrogens (primary N) is 1. The Bertz CT molecular complexity index is 848. The SMILES string of the molecule is CCCc1nnncc1N.O=C(O)Cc1ccccc1CC(=O)O.c1cnnnc1. The Morgan fingerprint density at radius 3 is 1.83 bits per heavy atom. The van der Waals surface area contributed by atoms with E-state index in [1.165, 1.54) is 6.20 Å². The lowest BCUT2D eigenvalue weighted by Crippen LogP contribution is -2.07. The third-order valence-electron chi connectivity index (χ3n) is 3.44. The van der Waals surface area contributed by atoms with E-state index in [0.29, 0.717) is 16.8 Å². The van der Waals surface area contributed by atoms with Gasteiger partial charge in [0.1, 0.15) is 0 Å². The molecule has 0 atom stereocenters. The summed E-state index contributed by atoms with van der Waals surface area (Å²) >= 11 is 0. The van der Waals surface area contributed by atoms with Crippen LogP contribution in [0.2, 0.25) is 0 Å². The number of hydrogen-bond donors (Lipinski definition) is 3. The predicted octanol–water partition coefficient (Wildman–Crippen LogP) is 1.22. The number of aryl methyl sites for hydroxylation is 1. The van der Waals surface area contributed by atoms with E-state index in [4.69, 9.17) is 15.9 Å². The minimum Gasteiger partial charge on any atom is -0.481 e. The van der Waals surface area contributed by atoms with Crippen molar-refractivity contribution in [2.45, 2.75) is 32.6 Å². The molecule has 3 aromatic rings. The summed E-state index contributed by atoms with van der Waals surface area (Å²) in [4.78, 5) is 20.9. The number of benzene rings is 1. The van der Waals surface area contributed by atoms with Crippen LogP contribution in [-0.4, -0.2) is 53.0 Å². The minimum absolute atomic E-state index is 0.135. The zero-order valence-corrected chi connectivity index (χ0v) is 16.4. The molecule has 4 N–H and O–H groups in total. The Morgan fingerprint density at radius 1 is 0.900 bits per heavy atom. The number of nitrogen functional groups attached to an aromatic ring is 1. The van der Waals surface area contributed by atoms with E-state index in [-0.39, 0.29) is 12.8 Å². The summed E-state index contributed by atoms with van der Waals surface area (Å²) in [6, 6.07) is 8.37. The second kappa shape index (κ2) is 14.0. The lowest BCUT2D eigenvalue weighted by Gasteiger charge is -2.04. The van der Waals surface area contributed by atoms with E-state index in [9.17, 15) is 9.59 Å². The number of nitrogens with zero attached hydrogens (tertiary/aromatic N) is 6. The minimum atomic E-state index is -0.956. The number of anilines is 1. The molecule has 0 radical (unpaired) electrons. The molecule has 1 aromatic carbocycles. The maximum Gasteiger partial charge on any atom is 0.307 e. The monoisotopic (exact) mass is 413 g/mol. The van der Waals surface area contributed by atoms with E-state index >= 15 is 0 Å². The van der Waals surface area contributed by atoms with Crippen molar-refractivity contribution in [1.29, 1.82) is 0 Å². The van der Waals surface area contributed by atoms with Crippen LogP contribution in [0.5, 0.6) is 0 Å². The van der Waals surface area contributed by atoms with E-state index in [1.54, 1.807) is 42.7 Å². The van der Waals surface area contributed by atoms with Gasteiger partial charge in [-0.15, -0.1) is 20.4 Å². The molecule has 11 nitrogen and oxygen atoms in total. The molecule has 0 aliphatic carbocycles. The van der Waals surface area contributed by atoms with Crippen LogP contribution in [0.15, 0.2) is 48.9 Å². The predicted molar refractivity (Wildman–Crippen MR) is 107 cm³/mol. The summed E-state index contributed by atoms with van der Waals surface area (Å²) in [7, 11) is 0. The molecule has 0 aliphatic rings. The van der Waals surface area contributed by atoms with Gasteiger partial charge in [0, 0.05) is 0 Å². The van der Waals surface area contributed by atoms with Gasteiger partial charge in [-0.2, -0.15) is 0 Å². The number of rotatable bonds is 6. The molecule has 3 rings (SSSR count). The fraction of sp³-hybridized carbons (Fsp3) is 0.263. The van der Waals surface area contributed by atoms with Crippen LogP contribution in [0.3, 0.4) is 0 Å². The molecule has 30 heavy (non-hydrogen) atoms. The van der Waals surface area contributed by atoms with Crippen LogP contribution in [-0.2, 0) is 28.9 Å². The van der Waals surface area contributed by atoms with Gasteiger partial charge in [-0.3, -0.25) is 9.59 Å². The van der Waals surface area contributed by atoms with Gasteiger partial charge in [0.2, 0.25) is 0 Å². The molecule has 2 heterocycles. The highest BCUT2D eigenvalue weighted by Crippen LogP contribution is 2.10.